The summed E-state index contributed by atoms with van der Waals surface area (Å²) < 4.78 is 11.1. The number of hydrogen-bond acceptors (Lipinski definition) is 4. The van der Waals surface area contributed by atoms with E-state index in [4.69, 9.17) is 9.47 Å². The number of hydrogen-bond donors (Lipinski definition) is 1. The highest BCUT2D eigenvalue weighted by molar-refractivity contribution is 4.97. The van der Waals surface area contributed by atoms with Crippen LogP contribution in [0.1, 0.15) is 19.8 Å². The van der Waals surface area contributed by atoms with Gasteiger partial charge >= 0.3 is 0 Å². The molecule has 2 aliphatic rings. The van der Waals surface area contributed by atoms with Gasteiger partial charge in [0, 0.05) is 26.3 Å². The normalized spacial score (nSPS) is 38.3. The van der Waals surface area contributed by atoms with Gasteiger partial charge in [0.1, 0.15) is 0 Å². The van der Waals surface area contributed by atoms with Gasteiger partial charge in [-0.1, -0.05) is 0 Å². The second-order valence-electron chi connectivity index (χ2n) is 5.36. The molecule has 100 valence electrons. The van der Waals surface area contributed by atoms with Crippen molar-refractivity contribution in [3.8, 4) is 0 Å². The summed E-state index contributed by atoms with van der Waals surface area (Å²) in [6.07, 6.45) is 2.96. The fourth-order valence-electron chi connectivity index (χ4n) is 2.99. The highest BCUT2D eigenvalue weighted by Gasteiger charge is 2.42. The average Bonchev–Trinajstić information content (AvgIpc) is 2.69. The van der Waals surface area contributed by atoms with Gasteiger partial charge in [0.15, 0.2) is 0 Å². The largest absolute Gasteiger partial charge is 0.377 e. The number of methoxy groups -OCH3 is 1. The lowest BCUT2D eigenvalue weighted by Gasteiger charge is -2.43. The van der Waals surface area contributed by atoms with E-state index < -0.39 is 0 Å². The smallest absolute Gasteiger partial charge is 0.0986 e. The zero-order valence-corrected chi connectivity index (χ0v) is 11.3. The van der Waals surface area contributed by atoms with Crippen molar-refractivity contribution in [2.24, 2.45) is 5.92 Å². The van der Waals surface area contributed by atoms with Crippen LogP contribution in [0.25, 0.3) is 0 Å². The Morgan fingerprint density at radius 1 is 1.41 bits per heavy atom. The fourth-order valence-corrected chi connectivity index (χ4v) is 2.99. The molecule has 1 saturated carbocycles. The molecule has 0 amide bonds. The molecule has 1 heterocycles. The Morgan fingerprint density at radius 2 is 2.24 bits per heavy atom. The Kier molecular flexibility index (Phi) is 4.79. The lowest BCUT2D eigenvalue weighted by molar-refractivity contribution is -0.131. The van der Waals surface area contributed by atoms with Crippen molar-refractivity contribution in [3.05, 3.63) is 0 Å². The van der Waals surface area contributed by atoms with Crippen LogP contribution in [0.5, 0.6) is 0 Å². The van der Waals surface area contributed by atoms with E-state index in [1.165, 1.54) is 19.5 Å². The predicted molar refractivity (Wildman–Crippen MR) is 68.2 cm³/mol. The molecule has 4 nitrogen and oxygen atoms in total. The van der Waals surface area contributed by atoms with Crippen LogP contribution in [-0.2, 0) is 9.47 Å². The summed E-state index contributed by atoms with van der Waals surface area (Å²) >= 11 is 0. The van der Waals surface area contributed by atoms with Crippen molar-refractivity contribution in [1.29, 1.82) is 0 Å². The summed E-state index contributed by atoms with van der Waals surface area (Å²) in [6.45, 7) is 6.42. The van der Waals surface area contributed by atoms with Gasteiger partial charge in [-0.2, -0.15) is 0 Å². The third-order valence-corrected chi connectivity index (χ3v) is 4.06. The van der Waals surface area contributed by atoms with Crippen LogP contribution in [0, 0.1) is 5.92 Å². The van der Waals surface area contributed by atoms with E-state index in [9.17, 15) is 0 Å². The molecule has 2 rings (SSSR count). The summed E-state index contributed by atoms with van der Waals surface area (Å²) in [6, 6.07) is 0.488. The molecule has 0 radical (unpaired) electrons. The van der Waals surface area contributed by atoms with Gasteiger partial charge < -0.3 is 19.7 Å². The molecule has 1 saturated heterocycles. The van der Waals surface area contributed by atoms with Crippen molar-refractivity contribution >= 4 is 0 Å². The van der Waals surface area contributed by atoms with E-state index in [-0.39, 0.29) is 6.10 Å². The summed E-state index contributed by atoms with van der Waals surface area (Å²) in [5.41, 5.74) is 0. The summed E-state index contributed by atoms with van der Waals surface area (Å²) in [7, 11) is 3.99. The van der Waals surface area contributed by atoms with Crippen LogP contribution in [0.4, 0.5) is 0 Å². The summed E-state index contributed by atoms with van der Waals surface area (Å²) in [4.78, 5) is 2.41. The molecule has 0 aromatic heterocycles. The van der Waals surface area contributed by atoms with E-state index in [0.29, 0.717) is 12.1 Å². The van der Waals surface area contributed by atoms with Crippen molar-refractivity contribution in [3.63, 3.8) is 0 Å². The number of nitrogens with one attached hydrogen (secondary N) is 1. The molecule has 2 fully saturated rings. The topological polar surface area (TPSA) is 33.7 Å². The van der Waals surface area contributed by atoms with Gasteiger partial charge in [0.05, 0.1) is 12.2 Å². The Labute approximate surface area is 105 Å². The highest BCUT2D eigenvalue weighted by atomic mass is 16.5. The zero-order valence-electron chi connectivity index (χ0n) is 11.3. The Hall–Kier alpha value is -0.160. The van der Waals surface area contributed by atoms with Crippen molar-refractivity contribution in [2.75, 3.05) is 40.4 Å². The van der Waals surface area contributed by atoms with Gasteiger partial charge in [-0.25, -0.2) is 0 Å². The number of ether oxygens (including phenoxy) is 2. The minimum atomic E-state index is 0.245. The molecular weight excluding hydrogens is 216 g/mol. The van der Waals surface area contributed by atoms with Crippen LogP contribution in [0.15, 0.2) is 0 Å². The zero-order chi connectivity index (χ0) is 12.3. The number of likely N-dealkylation sites (tertiary alicyclic amines) is 1. The SMILES string of the molecule is CCOC1CC(NCC2CCN(C)C2)C1OC. The Bertz CT molecular complexity index is 237. The molecule has 1 aliphatic carbocycles. The predicted octanol–water partition coefficient (Wildman–Crippen LogP) is 0.720. The molecule has 4 heteroatoms. The molecule has 1 aliphatic heterocycles. The maximum Gasteiger partial charge on any atom is 0.0986 e. The van der Waals surface area contributed by atoms with Crippen molar-refractivity contribution in [2.45, 2.75) is 38.0 Å². The van der Waals surface area contributed by atoms with E-state index >= 15 is 0 Å². The number of rotatable bonds is 6. The van der Waals surface area contributed by atoms with Crippen molar-refractivity contribution < 1.29 is 9.47 Å². The standard InChI is InChI=1S/C13H26N2O2/c1-4-17-12-7-11(13(12)16-3)14-8-10-5-6-15(2)9-10/h10-14H,4-9H2,1-3H3. The van der Waals surface area contributed by atoms with E-state index in [2.05, 4.69) is 17.3 Å². The fraction of sp³-hybridized carbons (Fsp3) is 1.00. The maximum absolute atomic E-state index is 5.63. The van der Waals surface area contributed by atoms with Gasteiger partial charge in [-0.15, -0.1) is 0 Å². The molecule has 0 spiro atoms. The lowest BCUT2D eigenvalue weighted by Crippen LogP contribution is -2.60. The van der Waals surface area contributed by atoms with Gasteiger partial charge in [0.25, 0.3) is 0 Å². The third-order valence-electron chi connectivity index (χ3n) is 4.06. The highest BCUT2D eigenvalue weighted by Crippen LogP contribution is 2.27. The molecule has 17 heavy (non-hydrogen) atoms. The molecule has 4 unspecified atom stereocenters. The minimum absolute atomic E-state index is 0.245. The van der Waals surface area contributed by atoms with Gasteiger partial charge in [-0.05, 0) is 45.8 Å². The Morgan fingerprint density at radius 3 is 2.82 bits per heavy atom. The lowest BCUT2D eigenvalue weighted by atomic mass is 9.85. The molecule has 1 N–H and O–H groups in total. The van der Waals surface area contributed by atoms with Crippen molar-refractivity contribution in [1.82, 2.24) is 10.2 Å². The van der Waals surface area contributed by atoms with Crippen LogP contribution in [-0.4, -0.2) is 63.5 Å². The van der Waals surface area contributed by atoms with Gasteiger partial charge in [0.2, 0.25) is 0 Å². The number of nitrogens with zero attached hydrogens (tertiary/aromatic N) is 1. The molecule has 4 atom stereocenters. The second-order valence-corrected chi connectivity index (χ2v) is 5.36. The van der Waals surface area contributed by atoms with E-state index in [1.807, 2.05) is 6.92 Å². The first-order valence-electron chi connectivity index (χ1n) is 6.81. The van der Waals surface area contributed by atoms with Crippen LogP contribution < -0.4 is 5.32 Å². The summed E-state index contributed by atoms with van der Waals surface area (Å²) in [5, 5.41) is 3.64. The van der Waals surface area contributed by atoms with Crippen LogP contribution >= 0.6 is 0 Å². The first kappa shape index (κ1) is 13.3. The molecule has 0 bridgehead atoms. The van der Waals surface area contributed by atoms with Gasteiger partial charge in [-0.3, -0.25) is 0 Å². The second kappa shape index (κ2) is 6.14. The summed E-state index contributed by atoms with van der Waals surface area (Å²) in [5.74, 6) is 0.809. The third kappa shape index (κ3) is 3.19. The van der Waals surface area contributed by atoms with Crippen LogP contribution in [0.3, 0.4) is 0 Å². The average molecular weight is 242 g/mol. The minimum Gasteiger partial charge on any atom is -0.377 e. The van der Waals surface area contributed by atoms with E-state index in [0.717, 1.165) is 25.5 Å². The maximum atomic E-state index is 5.63. The molecule has 0 aromatic rings. The van der Waals surface area contributed by atoms with Crippen LogP contribution in [0.2, 0.25) is 0 Å². The molecule has 0 aromatic carbocycles. The van der Waals surface area contributed by atoms with E-state index in [1.54, 1.807) is 7.11 Å². The first-order valence-corrected chi connectivity index (χ1v) is 6.81. The quantitative estimate of drug-likeness (QED) is 0.744. The monoisotopic (exact) mass is 242 g/mol. The molecular formula is C13H26N2O2. The first-order chi connectivity index (χ1) is 8.24. The Balaban J connectivity index is 1.66.